The third-order valence-corrected chi connectivity index (χ3v) is 4.56. The van der Waals surface area contributed by atoms with E-state index in [4.69, 9.17) is 9.72 Å². The molecule has 0 saturated heterocycles. The van der Waals surface area contributed by atoms with Crippen LogP contribution in [-0.2, 0) is 16.7 Å². The highest BCUT2D eigenvalue weighted by Crippen LogP contribution is 2.31. The number of aryl methyl sites for hydroxylation is 2. The summed E-state index contributed by atoms with van der Waals surface area (Å²) in [7, 11) is 1.76. The predicted molar refractivity (Wildman–Crippen MR) is 78.4 cm³/mol. The summed E-state index contributed by atoms with van der Waals surface area (Å²) < 4.78 is 5.44. The molecule has 0 saturated carbocycles. The van der Waals surface area contributed by atoms with Crippen LogP contribution >= 0.6 is 11.3 Å². The summed E-state index contributed by atoms with van der Waals surface area (Å²) in [5.74, 6) is 0. The largest absolute Gasteiger partial charge is 0.382 e. The first-order valence-electron chi connectivity index (χ1n) is 6.84. The molecule has 0 radical (unpaired) electrons. The van der Waals surface area contributed by atoms with Crippen molar-refractivity contribution in [3.8, 4) is 0 Å². The molecule has 1 rings (SSSR count). The predicted octanol–water partition coefficient (Wildman–Crippen LogP) is 3.27. The summed E-state index contributed by atoms with van der Waals surface area (Å²) in [5.41, 5.74) is 1.11. The normalized spacial score (nSPS) is 14.7. The maximum atomic E-state index is 5.44. The molecule has 0 aliphatic rings. The van der Waals surface area contributed by atoms with Crippen molar-refractivity contribution in [3.63, 3.8) is 0 Å². The van der Waals surface area contributed by atoms with Gasteiger partial charge in [-0.2, -0.15) is 0 Å². The smallest absolute Gasteiger partial charge is 0.116 e. The molecule has 3 nitrogen and oxygen atoms in total. The molecule has 0 amide bonds. The molecule has 1 heterocycles. The Labute approximate surface area is 115 Å². The first kappa shape index (κ1) is 15.6. The Morgan fingerprint density at radius 3 is 2.50 bits per heavy atom. The fraction of sp³-hybridized carbons (Fsp3) is 0.786. The van der Waals surface area contributed by atoms with Crippen LogP contribution in [0.1, 0.15) is 49.2 Å². The molecule has 4 heteroatoms. The van der Waals surface area contributed by atoms with E-state index in [1.807, 2.05) is 11.3 Å². The fourth-order valence-corrected chi connectivity index (χ4v) is 3.36. The SMILES string of the molecule is CCCNC(CC)(COC)c1nc(CC)c(C)s1. The molecule has 1 aromatic heterocycles. The topological polar surface area (TPSA) is 34.1 Å². The molecule has 1 unspecified atom stereocenters. The minimum atomic E-state index is -0.117. The Morgan fingerprint density at radius 2 is 2.06 bits per heavy atom. The second-order valence-corrected chi connectivity index (χ2v) is 5.87. The van der Waals surface area contributed by atoms with Crippen LogP contribution in [0.5, 0.6) is 0 Å². The average Bonchev–Trinajstić information content (AvgIpc) is 2.76. The van der Waals surface area contributed by atoms with Gasteiger partial charge in [0.05, 0.1) is 17.8 Å². The zero-order valence-corrected chi connectivity index (χ0v) is 13.1. The van der Waals surface area contributed by atoms with E-state index in [1.165, 1.54) is 15.6 Å². The van der Waals surface area contributed by atoms with Crippen molar-refractivity contribution in [2.75, 3.05) is 20.3 Å². The van der Waals surface area contributed by atoms with Crippen LogP contribution in [0, 0.1) is 6.92 Å². The van der Waals surface area contributed by atoms with Crippen molar-refractivity contribution in [3.05, 3.63) is 15.6 Å². The van der Waals surface area contributed by atoms with E-state index in [2.05, 4.69) is 33.0 Å². The summed E-state index contributed by atoms with van der Waals surface area (Å²) in [6.45, 7) is 10.4. The monoisotopic (exact) mass is 270 g/mol. The molecule has 1 atom stereocenters. The highest BCUT2D eigenvalue weighted by molar-refractivity contribution is 7.11. The molecular formula is C14H26N2OS. The number of aromatic nitrogens is 1. The molecule has 1 N–H and O–H groups in total. The van der Waals surface area contributed by atoms with E-state index >= 15 is 0 Å². The molecule has 0 aliphatic heterocycles. The number of thiazole rings is 1. The van der Waals surface area contributed by atoms with Crippen LogP contribution in [-0.4, -0.2) is 25.2 Å². The quantitative estimate of drug-likeness (QED) is 0.787. The van der Waals surface area contributed by atoms with Gasteiger partial charge in [-0.25, -0.2) is 4.98 Å². The second-order valence-electron chi connectivity index (χ2n) is 4.67. The van der Waals surface area contributed by atoms with Crippen molar-refractivity contribution in [2.24, 2.45) is 0 Å². The van der Waals surface area contributed by atoms with Crippen LogP contribution in [0.3, 0.4) is 0 Å². The van der Waals surface area contributed by atoms with Gasteiger partial charge < -0.3 is 10.1 Å². The third-order valence-electron chi connectivity index (χ3n) is 3.34. The maximum Gasteiger partial charge on any atom is 0.116 e. The first-order valence-corrected chi connectivity index (χ1v) is 7.65. The second kappa shape index (κ2) is 7.22. The maximum absolute atomic E-state index is 5.44. The lowest BCUT2D eigenvalue weighted by atomic mass is 9.97. The molecule has 18 heavy (non-hydrogen) atoms. The Hall–Kier alpha value is -0.450. The van der Waals surface area contributed by atoms with Crippen molar-refractivity contribution in [1.29, 1.82) is 0 Å². The number of nitrogens with one attached hydrogen (secondary N) is 1. The van der Waals surface area contributed by atoms with Gasteiger partial charge in [0, 0.05) is 12.0 Å². The van der Waals surface area contributed by atoms with Gasteiger partial charge in [-0.15, -0.1) is 11.3 Å². The van der Waals surface area contributed by atoms with Crippen LogP contribution in [0.4, 0.5) is 0 Å². The minimum absolute atomic E-state index is 0.117. The highest BCUT2D eigenvalue weighted by Gasteiger charge is 2.33. The lowest BCUT2D eigenvalue weighted by Crippen LogP contribution is -2.46. The number of rotatable bonds is 8. The summed E-state index contributed by atoms with van der Waals surface area (Å²) in [5, 5.41) is 4.81. The molecule has 0 aromatic carbocycles. The van der Waals surface area contributed by atoms with E-state index in [-0.39, 0.29) is 5.54 Å². The van der Waals surface area contributed by atoms with Crippen LogP contribution < -0.4 is 5.32 Å². The van der Waals surface area contributed by atoms with Crippen molar-refractivity contribution < 1.29 is 4.74 Å². The minimum Gasteiger partial charge on any atom is -0.382 e. The number of methoxy groups -OCH3 is 1. The fourth-order valence-electron chi connectivity index (χ4n) is 2.14. The lowest BCUT2D eigenvalue weighted by Gasteiger charge is -2.31. The summed E-state index contributed by atoms with van der Waals surface area (Å²) in [6, 6.07) is 0. The Kier molecular flexibility index (Phi) is 6.26. The van der Waals surface area contributed by atoms with E-state index in [0.717, 1.165) is 25.8 Å². The van der Waals surface area contributed by atoms with Gasteiger partial charge in [0.15, 0.2) is 0 Å². The molecule has 0 fully saturated rings. The molecule has 0 aliphatic carbocycles. The summed E-state index contributed by atoms with van der Waals surface area (Å²) in [6.07, 6.45) is 3.12. The summed E-state index contributed by atoms with van der Waals surface area (Å²) >= 11 is 1.81. The van der Waals surface area contributed by atoms with E-state index in [1.54, 1.807) is 7.11 Å². The van der Waals surface area contributed by atoms with Gasteiger partial charge in [-0.1, -0.05) is 20.8 Å². The number of hydrogen-bond acceptors (Lipinski definition) is 4. The van der Waals surface area contributed by atoms with Crippen LogP contribution in [0.15, 0.2) is 0 Å². The van der Waals surface area contributed by atoms with Gasteiger partial charge >= 0.3 is 0 Å². The van der Waals surface area contributed by atoms with Gasteiger partial charge in [-0.3, -0.25) is 0 Å². The van der Waals surface area contributed by atoms with Crippen molar-refractivity contribution in [2.45, 2.75) is 52.5 Å². The van der Waals surface area contributed by atoms with Crippen LogP contribution in [0.25, 0.3) is 0 Å². The van der Waals surface area contributed by atoms with Crippen molar-refractivity contribution in [1.82, 2.24) is 10.3 Å². The van der Waals surface area contributed by atoms with Gasteiger partial charge in [0.2, 0.25) is 0 Å². The lowest BCUT2D eigenvalue weighted by molar-refractivity contribution is 0.104. The Morgan fingerprint density at radius 1 is 1.33 bits per heavy atom. The van der Waals surface area contributed by atoms with Gasteiger partial charge in [-0.05, 0) is 32.7 Å². The van der Waals surface area contributed by atoms with E-state index < -0.39 is 0 Å². The molecular weight excluding hydrogens is 244 g/mol. The van der Waals surface area contributed by atoms with Gasteiger partial charge in [0.1, 0.15) is 5.01 Å². The Balaban J connectivity index is 3.05. The van der Waals surface area contributed by atoms with Gasteiger partial charge in [0.25, 0.3) is 0 Å². The van der Waals surface area contributed by atoms with Crippen LogP contribution in [0.2, 0.25) is 0 Å². The summed E-state index contributed by atoms with van der Waals surface area (Å²) in [4.78, 5) is 6.15. The Bertz CT molecular complexity index is 365. The number of ether oxygens (including phenoxy) is 1. The zero-order chi connectivity index (χ0) is 13.6. The zero-order valence-electron chi connectivity index (χ0n) is 12.3. The van der Waals surface area contributed by atoms with E-state index in [9.17, 15) is 0 Å². The third kappa shape index (κ3) is 3.31. The van der Waals surface area contributed by atoms with E-state index in [0.29, 0.717) is 6.61 Å². The van der Waals surface area contributed by atoms with Crippen molar-refractivity contribution >= 4 is 11.3 Å². The first-order chi connectivity index (χ1) is 8.63. The molecule has 1 aromatic rings. The number of hydrogen-bond donors (Lipinski definition) is 1. The molecule has 104 valence electrons. The average molecular weight is 270 g/mol. The number of nitrogens with zero attached hydrogens (tertiary/aromatic N) is 1. The standard InChI is InChI=1S/C14H26N2OS/c1-6-9-15-14(8-3,10-17-5)13-16-12(7-2)11(4)18-13/h15H,6-10H2,1-5H3. The molecule has 0 spiro atoms. The molecule has 0 bridgehead atoms. The highest BCUT2D eigenvalue weighted by atomic mass is 32.1.